The lowest BCUT2D eigenvalue weighted by Gasteiger charge is -2.36. The van der Waals surface area contributed by atoms with Gasteiger partial charge in [0.05, 0.1) is 25.3 Å². The van der Waals surface area contributed by atoms with Gasteiger partial charge in [-0.05, 0) is 105 Å². The normalized spacial score (nSPS) is 16.9. The third-order valence-corrected chi connectivity index (χ3v) is 13.3. The maximum Gasteiger partial charge on any atom is 0.329 e. The minimum Gasteiger partial charge on any atom is -0.493 e. The van der Waals surface area contributed by atoms with Gasteiger partial charge in [0.25, 0.3) is 23.6 Å². The molecule has 8 amide bonds. The fourth-order valence-corrected chi connectivity index (χ4v) is 8.71. The van der Waals surface area contributed by atoms with Crippen LogP contribution in [0.1, 0.15) is 129 Å². The number of esters is 1. The van der Waals surface area contributed by atoms with Crippen LogP contribution in [0.3, 0.4) is 0 Å². The Balaban J connectivity index is 0.958. The van der Waals surface area contributed by atoms with E-state index in [1.807, 2.05) is 19.1 Å². The van der Waals surface area contributed by atoms with Gasteiger partial charge in [0, 0.05) is 50.0 Å². The van der Waals surface area contributed by atoms with Gasteiger partial charge in [-0.3, -0.25) is 53.4 Å². The van der Waals surface area contributed by atoms with Crippen molar-refractivity contribution >= 4 is 64.7 Å². The third-order valence-electron chi connectivity index (χ3n) is 13.3. The molecule has 3 aliphatic rings. The maximum absolute atomic E-state index is 14.0. The molecule has 0 aliphatic carbocycles. The van der Waals surface area contributed by atoms with Crippen molar-refractivity contribution in [3.63, 3.8) is 0 Å². The number of hydrogen-bond donors (Lipinski definition) is 4. The van der Waals surface area contributed by atoms with Crippen LogP contribution in [0.4, 0.5) is 5.69 Å². The molecule has 0 radical (unpaired) electrons. The number of imide groups is 2. The number of benzene rings is 3. The lowest BCUT2D eigenvalue weighted by molar-refractivity contribution is -0.164. The highest BCUT2D eigenvalue weighted by Gasteiger charge is 2.46. The molecule has 4 N–H and O–H groups in total. The molecule has 2 saturated heterocycles. The number of likely N-dealkylation sites (tertiary alicyclic amines) is 1. The van der Waals surface area contributed by atoms with Crippen LogP contribution in [0, 0.1) is 5.41 Å². The van der Waals surface area contributed by atoms with Crippen molar-refractivity contribution in [2.75, 3.05) is 45.8 Å². The summed E-state index contributed by atoms with van der Waals surface area (Å²) in [5.41, 5.74) is 0.949. The van der Waals surface area contributed by atoms with E-state index in [2.05, 4.69) is 21.3 Å². The van der Waals surface area contributed by atoms with Gasteiger partial charge in [-0.15, -0.1) is 0 Å². The molecule has 6 rings (SSSR count). The first kappa shape index (κ1) is 54.7. The van der Waals surface area contributed by atoms with E-state index in [4.69, 9.17) is 18.9 Å². The van der Waals surface area contributed by atoms with E-state index < -0.39 is 83.3 Å². The predicted molar refractivity (Wildman–Crippen MR) is 263 cm³/mol. The van der Waals surface area contributed by atoms with Crippen molar-refractivity contribution in [2.24, 2.45) is 5.41 Å². The number of aryl methyl sites for hydroxylation is 1. The van der Waals surface area contributed by atoms with E-state index in [9.17, 15) is 47.9 Å². The fourth-order valence-electron chi connectivity index (χ4n) is 8.71. The quantitative estimate of drug-likeness (QED) is 0.0417. The summed E-state index contributed by atoms with van der Waals surface area (Å²) < 4.78 is 22.7. The van der Waals surface area contributed by atoms with Crippen molar-refractivity contribution in [2.45, 2.75) is 116 Å². The van der Waals surface area contributed by atoms with E-state index in [0.29, 0.717) is 74.1 Å². The Kier molecular flexibility index (Phi) is 18.8. The van der Waals surface area contributed by atoms with E-state index in [1.165, 1.54) is 30.2 Å². The van der Waals surface area contributed by atoms with Crippen molar-refractivity contribution in [1.82, 2.24) is 25.8 Å². The topological polar surface area (TPSA) is 262 Å². The van der Waals surface area contributed by atoms with Gasteiger partial charge in [0.15, 0.2) is 18.1 Å². The number of nitrogens with zero attached hydrogens (tertiary/aromatic N) is 2. The summed E-state index contributed by atoms with van der Waals surface area (Å²) >= 11 is 0. The molecule has 20 nitrogen and oxygen atoms in total. The second-order valence-corrected chi connectivity index (χ2v) is 18.7. The minimum absolute atomic E-state index is 0.000398. The number of amides is 8. The lowest BCUT2D eigenvalue weighted by atomic mass is 9.84. The van der Waals surface area contributed by atoms with Crippen LogP contribution >= 0.6 is 0 Å². The number of anilines is 1. The van der Waals surface area contributed by atoms with Gasteiger partial charge >= 0.3 is 5.97 Å². The number of nitrogens with one attached hydrogen (secondary N) is 4. The van der Waals surface area contributed by atoms with Gasteiger partial charge in [-0.25, -0.2) is 4.79 Å². The van der Waals surface area contributed by atoms with E-state index in [1.54, 1.807) is 51.3 Å². The molecule has 0 aromatic heterocycles. The fraction of sp³-hybridized carbons (Fsp3) is 0.472. The zero-order chi connectivity index (χ0) is 52.8. The van der Waals surface area contributed by atoms with Crippen molar-refractivity contribution < 1.29 is 66.9 Å². The average Bonchev–Trinajstić information content (AvgIpc) is 3.64. The molecule has 73 heavy (non-hydrogen) atoms. The third kappa shape index (κ3) is 13.9. The van der Waals surface area contributed by atoms with E-state index >= 15 is 0 Å². The number of Topliss-reactive ketones (excluding diaryl/α,β-unsaturated/α-hetero) is 1. The number of ether oxygens (including phenoxy) is 4. The highest BCUT2D eigenvalue weighted by Crippen LogP contribution is 2.35. The molecule has 3 aliphatic heterocycles. The molecule has 0 saturated carbocycles. The zero-order valence-corrected chi connectivity index (χ0v) is 41.9. The van der Waals surface area contributed by atoms with Gasteiger partial charge < -0.3 is 39.8 Å². The lowest BCUT2D eigenvalue weighted by Crippen LogP contribution is -2.54. The predicted octanol–water partition coefficient (Wildman–Crippen LogP) is 4.52. The monoisotopic (exact) mass is 1010 g/mol. The van der Waals surface area contributed by atoms with Gasteiger partial charge in [0.1, 0.15) is 23.9 Å². The largest absolute Gasteiger partial charge is 0.493 e. The zero-order valence-electron chi connectivity index (χ0n) is 41.9. The van der Waals surface area contributed by atoms with Crippen LogP contribution < -0.4 is 35.5 Å². The summed E-state index contributed by atoms with van der Waals surface area (Å²) in [5, 5.41) is 10.4. The molecular formula is C53H64N6O14. The molecule has 0 bridgehead atoms. The summed E-state index contributed by atoms with van der Waals surface area (Å²) in [7, 11) is 3.08. The van der Waals surface area contributed by atoms with Crippen LogP contribution in [0.15, 0.2) is 60.7 Å². The second kappa shape index (κ2) is 25.1. The minimum atomic E-state index is -1.14. The molecule has 3 heterocycles. The van der Waals surface area contributed by atoms with Crippen LogP contribution in [-0.2, 0) is 49.5 Å². The number of ketones is 1. The molecule has 0 spiro atoms. The standard InChI is InChI=1S/C53H64N6O14/c1-6-53(2,3)47(64)51(68)58-28-10-7-16-37(58)52(69)73-38(21-18-32-19-22-39(70-4)41(29-32)71-5)33-13-11-14-34(30-33)56-43(61)25-24-42(60)54-26-8-9-27-55-45(63)31-72-40-17-12-15-35-46(40)50(67)59(49(35)66)36-20-23-44(62)57-48(36)65/h11-15,17,19,22,29-30,36-38H,6-10,16,18,20-21,23-28,31H2,1-5H3,(H,54,60)(H,55,63)(H,56,61)(H,57,62,65)/t36-,37+,38-/m1/s1. The first-order valence-electron chi connectivity index (χ1n) is 24.6. The van der Waals surface area contributed by atoms with E-state index in [-0.39, 0.29) is 68.1 Å². The molecule has 3 aromatic carbocycles. The first-order chi connectivity index (χ1) is 35.0. The number of unbranched alkanes of at least 4 members (excludes halogenated alkanes) is 1. The SMILES string of the molecule is CCC(C)(C)C(=O)C(=O)N1CCCC[C@H]1C(=O)O[C@H](CCc1ccc(OC)c(OC)c1)c1cccc(NC(=O)CCC(=O)NCCCCNC(=O)COc2cccc3c2C(=O)N([C@@H]2CCC(=O)NC2=O)C3=O)c1. The molecule has 2 fully saturated rings. The summed E-state index contributed by atoms with van der Waals surface area (Å²) in [6.45, 7) is 5.60. The first-order valence-corrected chi connectivity index (χ1v) is 24.6. The molecule has 3 aromatic rings. The molecule has 3 atom stereocenters. The maximum atomic E-state index is 14.0. The Morgan fingerprint density at radius 3 is 2.22 bits per heavy atom. The van der Waals surface area contributed by atoms with Crippen molar-refractivity contribution in [3.8, 4) is 17.2 Å². The van der Waals surface area contributed by atoms with Crippen LogP contribution in [0.2, 0.25) is 0 Å². The van der Waals surface area contributed by atoms with Gasteiger partial charge in [0.2, 0.25) is 29.4 Å². The Morgan fingerprint density at radius 2 is 1.51 bits per heavy atom. The van der Waals surface area contributed by atoms with Crippen LogP contribution in [0.25, 0.3) is 0 Å². The Bertz CT molecular complexity index is 2610. The van der Waals surface area contributed by atoms with Gasteiger partial charge in [-0.2, -0.15) is 0 Å². The van der Waals surface area contributed by atoms with Crippen LogP contribution in [0.5, 0.6) is 17.2 Å². The Morgan fingerprint density at radius 1 is 0.795 bits per heavy atom. The summed E-state index contributed by atoms with van der Waals surface area (Å²) in [6, 6.07) is 14.6. The number of carbonyl (C=O) groups is 10. The van der Waals surface area contributed by atoms with Gasteiger partial charge in [-0.1, -0.05) is 45.0 Å². The Hall–Kier alpha value is -7.64. The summed E-state index contributed by atoms with van der Waals surface area (Å²) in [6.07, 6.45) is 2.85. The number of carbonyl (C=O) groups excluding carboxylic acids is 10. The Labute approximate surface area is 423 Å². The number of piperidine rings is 2. The molecule has 0 unspecified atom stereocenters. The van der Waals surface area contributed by atoms with Crippen LogP contribution in [-0.4, -0.2) is 121 Å². The number of rotatable bonds is 24. The molecular weight excluding hydrogens is 945 g/mol. The highest BCUT2D eigenvalue weighted by atomic mass is 16.5. The van der Waals surface area contributed by atoms with Crippen molar-refractivity contribution in [1.29, 1.82) is 0 Å². The number of fused-ring (bicyclic) bond motifs is 1. The molecule has 390 valence electrons. The second-order valence-electron chi connectivity index (χ2n) is 18.7. The summed E-state index contributed by atoms with van der Waals surface area (Å²) in [5.74, 6) is -4.72. The average molecular weight is 1010 g/mol. The molecule has 20 heteroatoms. The van der Waals surface area contributed by atoms with E-state index in [0.717, 1.165) is 10.5 Å². The van der Waals surface area contributed by atoms with Crippen molar-refractivity contribution in [3.05, 3.63) is 82.9 Å². The highest BCUT2D eigenvalue weighted by molar-refractivity contribution is 6.38. The number of methoxy groups -OCH3 is 2. The number of hydrogen-bond acceptors (Lipinski definition) is 14. The summed E-state index contributed by atoms with van der Waals surface area (Å²) in [4.78, 5) is 132. The smallest absolute Gasteiger partial charge is 0.329 e.